The maximum atomic E-state index is 11.9. The number of anilines is 1. The van der Waals surface area contributed by atoms with Crippen LogP contribution in [0.5, 0.6) is 0 Å². The Kier molecular flexibility index (Phi) is 5.44. The standard InChI is InChI=1S/C13H18N4O/c1-4-7-10-16-11(13(18)15-9-6-3)12(17-10)14-8-5-2/h4-6,14H,1-3,7-9H2,(H,15,18)(H,16,17). The average molecular weight is 246 g/mol. The minimum atomic E-state index is -0.218. The molecule has 0 unspecified atom stereocenters. The molecule has 18 heavy (non-hydrogen) atoms. The molecule has 0 bridgehead atoms. The number of allylic oxidation sites excluding steroid dienone is 1. The summed E-state index contributed by atoms with van der Waals surface area (Å²) >= 11 is 0. The van der Waals surface area contributed by atoms with Gasteiger partial charge in [0.15, 0.2) is 5.82 Å². The molecule has 0 saturated carbocycles. The smallest absolute Gasteiger partial charge is 0.271 e. The molecule has 3 N–H and O–H groups in total. The fraction of sp³-hybridized carbons (Fsp3) is 0.231. The number of hydrogen-bond acceptors (Lipinski definition) is 3. The van der Waals surface area contributed by atoms with Crippen LogP contribution in [0.25, 0.3) is 0 Å². The summed E-state index contributed by atoms with van der Waals surface area (Å²) in [5.41, 5.74) is 0.413. The van der Waals surface area contributed by atoms with Crippen LogP contribution in [0.3, 0.4) is 0 Å². The van der Waals surface area contributed by atoms with Gasteiger partial charge in [-0.1, -0.05) is 18.2 Å². The second kappa shape index (κ2) is 7.11. The predicted octanol–water partition coefficient (Wildman–Crippen LogP) is 1.65. The fourth-order valence-corrected chi connectivity index (χ4v) is 1.37. The third-order valence-corrected chi connectivity index (χ3v) is 2.14. The van der Waals surface area contributed by atoms with Crippen LogP contribution in [0.4, 0.5) is 5.82 Å². The van der Waals surface area contributed by atoms with E-state index in [4.69, 9.17) is 0 Å². The molecule has 5 nitrogen and oxygen atoms in total. The van der Waals surface area contributed by atoms with Crippen molar-refractivity contribution in [3.8, 4) is 0 Å². The third-order valence-electron chi connectivity index (χ3n) is 2.14. The van der Waals surface area contributed by atoms with Crippen molar-refractivity contribution in [3.05, 3.63) is 49.5 Å². The number of carbonyl (C=O) groups is 1. The van der Waals surface area contributed by atoms with Gasteiger partial charge in [-0.25, -0.2) is 4.98 Å². The lowest BCUT2D eigenvalue weighted by Gasteiger charge is -2.03. The van der Waals surface area contributed by atoms with E-state index in [0.717, 1.165) is 0 Å². The molecule has 0 aromatic carbocycles. The van der Waals surface area contributed by atoms with Crippen molar-refractivity contribution in [1.82, 2.24) is 15.3 Å². The monoisotopic (exact) mass is 246 g/mol. The van der Waals surface area contributed by atoms with Crippen molar-refractivity contribution in [2.45, 2.75) is 6.42 Å². The highest BCUT2D eigenvalue weighted by Crippen LogP contribution is 2.13. The lowest BCUT2D eigenvalue weighted by atomic mass is 10.4. The number of aromatic nitrogens is 2. The van der Waals surface area contributed by atoms with Gasteiger partial charge in [0.2, 0.25) is 0 Å². The Labute approximate surface area is 107 Å². The first-order valence-electron chi connectivity index (χ1n) is 5.66. The Balaban J connectivity index is 2.90. The highest BCUT2D eigenvalue weighted by Gasteiger charge is 2.15. The summed E-state index contributed by atoms with van der Waals surface area (Å²) in [7, 11) is 0. The van der Waals surface area contributed by atoms with Gasteiger partial charge in [-0.2, -0.15) is 0 Å². The maximum absolute atomic E-state index is 11.9. The number of amides is 1. The molecule has 0 aliphatic heterocycles. The molecule has 0 saturated heterocycles. The zero-order valence-corrected chi connectivity index (χ0v) is 10.3. The summed E-state index contributed by atoms with van der Waals surface area (Å²) in [6.07, 6.45) is 5.63. The van der Waals surface area contributed by atoms with Crippen LogP contribution in [-0.4, -0.2) is 29.0 Å². The number of H-pyrrole nitrogens is 1. The molecule has 0 fully saturated rings. The second-order valence-corrected chi connectivity index (χ2v) is 3.57. The van der Waals surface area contributed by atoms with E-state index >= 15 is 0 Å². The first-order valence-corrected chi connectivity index (χ1v) is 5.66. The topological polar surface area (TPSA) is 69.8 Å². The summed E-state index contributed by atoms with van der Waals surface area (Å²) in [6, 6.07) is 0. The van der Waals surface area contributed by atoms with Gasteiger partial charge in [-0.15, -0.1) is 19.7 Å². The Bertz CT molecular complexity index is 448. The van der Waals surface area contributed by atoms with Crippen LogP contribution in [0, 0.1) is 0 Å². The van der Waals surface area contributed by atoms with Gasteiger partial charge < -0.3 is 15.6 Å². The first kappa shape index (κ1) is 13.8. The SMILES string of the molecule is C=CCNC(=O)c1[nH]c(CC=C)nc1NCC=C. The van der Waals surface area contributed by atoms with Gasteiger partial charge in [0.05, 0.1) is 0 Å². The number of nitrogens with one attached hydrogen (secondary N) is 3. The van der Waals surface area contributed by atoms with Crippen LogP contribution < -0.4 is 10.6 Å². The van der Waals surface area contributed by atoms with Gasteiger partial charge >= 0.3 is 0 Å². The van der Waals surface area contributed by atoms with E-state index < -0.39 is 0 Å². The fourth-order valence-electron chi connectivity index (χ4n) is 1.37. The Morgan fingerprint density at radius 3 is 2.56 bits per heavy atom. The van der Waals surface area contributed by atoms with Crippen molar-refractivity contribution in [2.75, 3.05) is 18.4 Å². The van der Waals surface area contributed by atoms with Crippen LogP contribution >= 0.6 is 0 Å². The van der Waals surface area contributed by atoms with E-state index in [1.165, 1.54) is 0 Å². The van der Waals surface area contributed by atoms with Crippen LogP contribution in [0.15, 0.2) is 38.0 Å². The number of rotatable bonds is 8. The summed E-state index contributed by atoms with van der Waals surface area (Å²) in [6.45, 7) is 11.8. The predicted molar refractivity (Wildman–Crippen MR) is 73.7 cm³/mol. The first-order chi connectivity index (χ1) is 8.72. The Morgan fingerprint density at radius 2 is 1.94 bits per heavy atom. The van der Waals surface area contributed by atoms with Crippen LogP contribution in [0.1, 0.15) is 16.3 Å². The van der Waals surface area contributed by atoms with Gasteiger partial charge in [-0.05, 0) is 0 Å². The number of nitrogens with zero attached hydrogens (tertiary/aromatic N) is 1. The van der Waals surface area contributed by atoms with Crippen LogP contribution in [-0.2, 0) is 6.42 Å². The zero-order valence-electron chi connectivity index (χ0n) is 10.3. The van der Waals surface area contributed by atoms with Crippen molar-refractivity contribution in [3.63, 3.8) is 0 Å². The molecule has 5 heteroatoms. The molecule has 0 aliphatic carbocycles. The molecule has 1 heterocycles. The number of hydrogen-bond donors (Lipinski definition) is 3. The molecular formula is C13H18N4O. The van der Waals surface area contributed by atoms with Gasteiger partial charge in [0.1, 0.15) is 11.5 Å². The van der Waals surface area contributed by atoms with Crippen molar-refractivity contribution in [1.29, 1.82) is 0 Å². The van der Waals surface area contributed by atoms with E-state index in [1.54, 1.807) is 18.2 Å². The summed E-state index contributed by atoms with van der Waals surface area (Å²) < 4.78 is 0. The normalized spacial score (nSPS) is 9.56. The van der Waals surface area contributed by atoms with E-state index in [9.17, 15) is 4.79 Å². The van der Waals surface area contributed by atoms with Gasteiger partial charge in [0, 0.05) is 19.5 Å². The third kappa shape index (κ3) is 3.62. The number of aromatic amines is 1. The van der Waals surface area contributed by atoms with Gasteiger partial charge in [0.25, 0.3) is 5.91 Å². The van der Waals surface area contributed by atoms with Crippen molar-refractivity contribution >= 4 is 11.7 Å². The second-order valence-electron chi connectivity index (χ2n) is 3.57. The lowest BCUT2D eigenvalue weighted by molar-refractivity contribution is 0.0954. The molecule has 1 amide bonds. The Morgan fingerprint density at radius 1 is 1.22 bits per heavy atom. The zero-order chi connectivity index (χ0) is 13.4. The van der Waals surface area contributed by atoms with E-state index in [2.05, 4.69) is 40.3 Å². The highest BCUT2D eigenvalue weighted by atomic mass is 16.1. The van der Waals surface area contributed by atoms with Crippen molar-refractivity contribution in [2.24, 2.45) is 0 Å². The molecule has 0 atom stereocenters. The minimum Gasteiger partial charge on any atom is -0.365 e. The van der Waals surface area contributed by atoms with E-state index in [1.807, 2.05) is 0 Å². The summed E-state index contributed by atoms with van der Waals surface area (Å²) in [5, 5.41) is 5.72. The van der Waals surface area contributed by atoms with Gasteiger partial charge in [-0.3, -0.25) is 4.79 Å². The molecule has 96 valence electrons. The largest absolute Gasteiger partial charge is 0.365 e. The molecule has 0 radical (unpaired) electrons. The maximum Gasteiger partial charge on any atom is 0.271 e. The molecule has 1 aromatic rings. The van der Waals surface area contributed by atoms with Crippen LogP contribution in [0.2, 0.25) is 0 Å². The van der Waals surface area contributed by atoms with E-state index in [-0.39, 0.29) is 5.91 Å². The Hall–Kier alpha value is -2.30. The summed E-state index contributed by atoms with van der Waals surface area (Å²) in [4.78, 5) is 19.2. The molecule has 0 aliphatic rings. The highest BCUT2D eigenvalue weighted by molar-refractivity contribution is 5.97. The average Bonchev–Trinajstić information content (AvgIpc) is 2.77. The van der Waals surface area contributed by atoms with Crippen molar-refractivity contribution < 1.29 is 4.79 Å². The quantitative estimate of drug-likeness (QED) is 0.611. The lowest BCUT2D eigenvalue weighted by Crippen LogP contribution is -2.24. The van der Waals surface area contributed by atoms with E-state index in [0.29, 0.717) is 36.8 Å². The molecule has 0 spiro atoms. The molecular weight excluding hydrogens is 228 g/mol. The minimum absolute atomic E-state index is 0.218. The number of carbonyl (C=O) groups excluding carboxylic acids is 1. The molecule has 1 rings (SSSR count). The molecule has 1 aromatic heterocycles. The summed E-state index contributed by atoms with van der Waals surface area (Å²) in [5.74, 6) is 0.998. The number of imidazole rings is 1.